The molecule has 7 N–H and O–H groups in total. The molecule has 10 nitrogen and oxygen atoms in total. The van der Waals surface area contributed by atoms with E-state index in [0.717, 1.165) is 57.1 Å². The van der Waals surface area contributed by atoms with E-state index in [9.17, 15) is 35.4 Å². The number of carbonyl (C=O) groups is 1. The van der Waals surface area contributed by atoms with Gasteiger partial charge >= 0.3 is 0 Å². The van der Waals surface area contributed by atoms with Gasteiger partial charge in [-0.2, -0.15) is 12.6 Å². The van der Waals surface area contributed by atoms with Crippen LogP contribution >= 0.6 is 12.6 Å². The molecule has 1 amide bonds. The number of hydrogen-bond acceptors (Lipinski definition) is 10. The zero-order valence-electron chi connectivity index (χ0n) is 28.7. The predicted molar refractivity (Wildman–Crippen MR) is 185 cm³/mol. The first-order valence-corrected chi connectivity index (χ1v) is 19.1. The SMILES string of the molecule is CCCCCCCCCCCCCC[C@@H](O)[C@@H](O)C(CO[C@H]1OC(CO)[C@H](O)[C@H](O)[C@H]1O)NC(=O)CCCCCCCCCCS. The van der Waals surface area contributed by atoms with E-state index in [1.807, 2.05) is 0 Å². The first-order valence-electron chi connectivity index (χ1n) is 18.4. The molecule has 46 heavy (non-hydrogen) atoms. The van der Waals surface area contributed by atoms with E-state index in [4.69, 9.17) is 9.47 Å². The highest BCUT2D eigenvalue weighted by atomic mass is 32.1. The molecular weight excluding hydrogens is 610 g/mol. The molecule has 0 aromatic heterocycles. The molecule has 2 unspecified atom stereocenters. The van der Waals surface area contributed by atoms with Crippen molar-refractivity contribution in [3.05, 3.63) is 0 Å². The highest BCUT2D eigenvalue weighted by molar-refractivity contribution is 7.80. The van der Waals surface area contributed by atoms with Crippen LogP contribution in [0, 0.1) is 0 Å². The third-order valence-electron chi connectivity index (χ3n) is 9.11. The van der Waals surface area contributed by atoms with E-state index in [-0.39, 0.29) is 18.9 Å². The summed E-state index contributed by atoms with van der Waals surface area (Å²) < 4.78 is 11.1. The first-order chi connectivity index (χ1) is 22.3. The minimum Gasteiger partial charge on any atom is -0.394 e. The Morgan fingerprint density at radius 3 is 1.76 bits per heavy atom. The van der Waals surface area contributed by atoms with Gasteiger partial charge in [-0.3, -0.25) is 4.79 Å². The molecule has 0 spiro atoms. The van der Waals surface area contributed by atoms with Gasteiger partial charge in [0.2, 0.25) is 5.91 Å². The Kier molecular flexibility index (Phi) is 26.8. The van der Waals surface area contributed by atoms with Crippen molar-refractivity contribution in [3.8, 4) is 0 Å². The van der Waals surface area contributed by atoms with Gasteiger partial charge in [-0.1, -0.05) is 122 Å². The van der Waals surface area contributed by atoms with Crippen LogP contribution in [0.1, 0.15) is 148 Å². The van der Waals surface area contributed by atoms with Crippen LogP contribution in [-0.4, -0.2) is 104 Å². The second-order valence-corrected chi connectivity index (χ2v) is 13.7. The van der Waals surface area contributed by atoms with Crippen LogP contribution in [0.25, 0.3) is 0 Å². The van der Waals surface area contributed by atoms with Crippen molar-refractivity contribution in [1.82, 2.24) is 5.32 Å². The number of unbranched alkanes of at least 4 members (excludes halogenated alkanes) is 18. The topological polar surface area (TPSA) is 169 Å². The van der Waals surface area contributed by atoms with Gasteiger partial charge in [0.25, 0.3) is 0 Å². The van der Waals surface area contributed by atoms with Gasteiger partial charge < -0.3 is 45.4 Å². The molecular formula is C35H69NO9S. The summed E-state index contributed by atoms with van der Waals surface area (Å²) in [6.45, 7) is 1.33. The number of hydrogen-bond donors (Lipinski definition) is 8. The molecule has 0 radical (unpaired) electrons. The second kappa shape index (κ2) is 28.3. The fourth-order valence-corrected chi connectivity index (χ4v) is 6.22. The number of amides is 1. The van der Waals surface area contributed by atoms with Gasteiger partial charge in [0.15, 0.2) is 6.29 Å². The van der Waals surface area contributed by atoms with Gasteiger partial charge in [0, 0.05) is 6.42 Å². The quantitative estimate of drug-likeness (QED) is 0.0401. The van der Waals surface area contributed by atoms with Crippen molar-refractivity contribution in [2.45, 2.75) is 197 Å². The van der Waals surface area contributed by atoms with Crippen LogP contribution in [0.2, 0.25) is 0 Å². The van der Waals surface area contributed by atoms with Crippen LogP contribution < -0.4 is 5.32 Å². The van der Waals surface area contributed by atoms with Gasteiger partial charge in [0.05, 0.1) is 25.4 Å². The summed E-state index contributed by atoms with van der Waals surface area (Å²) in [7, 11) is 0. The maximum Gasteiger partial charge on any atom is 0.220 e. The number of aliphatic hydroxyl groups excluding tert-OH is 6. The van der Waals surface area contributed by atoms with E-state index >= 15 is 0 Å². The fraction of sp³-hybridized carbons (Fsp3) is 0.971. The standard InChI is InChI=1S/C35H69NO9S/c1-2-3-4-5-6-7-8-9-10-13-16-19-22-28(38)31(40)27(26-44-35-34(43)33(42)32(41)29(25-37)45-35)36-30(39)23-20-17-14-11-12-15-18-21-24-46/h27-29,31-35,37-38,40-43,46H,2-26H2,1H3,(H,36,39)/t27?,28-,29?,31+,32+,33+,34-,35+/m1/s1. The molecule has 8 atom stereocenters. The zero-order chi connectivity index (χ0) is 34.0. The molecule has 0 bridgehead atoms. The Morgan fingerprint density at radius 2 is 1.24 bits per heavy atom. The number of ether oxygens (including phenoxy) is 2. The summed E-state index contributed by atoms with van der Waals surface area (Å²) >= 11 is 4.24. The molecule has 1 saturated heterocycles. The van der Waals surface area contributed by atoms with Gasteiger partial charge in [0.1, 0.15) is 30.5 Å². The smallest absolute Gasteiger partial charge is 0.220 e. The minimum absolute atomic E-state index is 0.271. The molecule has 1 rings (SSSR count). The maximum atomic E-state index is 12.8. The number of rotatable bonds is 30. The molecule has 274 valence electrons. The lowest BCUT2D eigenvalue weighted by Crippen LogP contribution is -2.60. The summed E-state index contributed by atoms with van der Waals surface area (Å²) in [4.78, 5) is 12.8. The predicted octanol–water partition coefficient (Wildman–Crippen LogP) is 4.54. The Morgan fingerprint density at radius 1 is 0.739 bits per heavy atom. The Labute approximate surface area is 284 Å². The maximum absolute atomic E-state index is 12.8. The molecule has 0 aliphatic carbocycles. The third kappa shape index (κ3) is 19.5. The molecule has 11 heteroatoms. The Hall–Kier alpha value is -0.500. The van der Waals surface area contributed by atoms with Crippen molar-refractivity contribution >= 4 is 18.5 Å². The Bertz CT molecular complexity index is 720. The summed E-state index contributed by atoms with van der Waals surface area (Å²) in [5.74, 6) is 0.655. The lowest BCUT2D eigenvalue weighted by atomic mass is 9.98. The number of carbonyl (C=O) groups excluding carboxylic acids is 1. The third-order valence-corrected chi connectivity index (χ3v) is 9.42. The van der Waals surface area contributed by atoms with Crippen LogP contribution in [0.3, 0.4) is 0 Å². The molecule has 1 aliphatic heterocycles. The summed E-state index contributed by atoms with van der Waals surface area (Å²) in [5.41, 5.74) is 0. The largest absolute Gasteiger partial charge is 0.394 e. The molecule has 1 heterocycles. The van der Waals surface area contributed by atoms with Gasteiger partial charge in [-0.15, -0.1) is 0 Å². The second-order valence-electron chi connectivity index (χ2n) is 13.2. The van der Waals surface area contributed by atoms with Crippen LogP contribution in [-0.2, 0) is 14.3 Å². The van der Waals surface area contributed by atoms with Gasteiger partial charge in [-0.25, -0.2) is 0 Å². The fourth-order valence-electron chi connectivity index (χ4n) is 6.00. The summed E-state index contributed by atoms with van der Waals surface area (Å²) in [6, 6.07) is -0.987. The van der Waals surface area contributed by atoms with Crippen molar-refractivity contribution in [2.24, 2.45) is 0 Å². The molecule has 0 aromatic carbocycles. The van der Waals surface area contributed by atoms with Crippen LogP contribution in [0.5, 0.6) is 0 Å². The van der Waals surface area contributed by atoms with E-state index in [0.29, 0.717) is 12.8 Å². The highest BCUT2D eigenvalue weighted by Gasteiger charge is 2.44. The minimum atomic E-state index is -1.60. The average molecular weight is 680 g/mol. The van der Waals surface area contributed by atoms with Crippen LogP contribution in [0.4, 0.5) is 0 Å². The average Bonchev–Trinajstić information content (AvgIpc) is 3.05. The molecule has 0 saturated carbocycles. The van der Waals surface area contributed by atoms with Crippen molar-refractivity contribution in [3.63, 3.8) is 0 Å². The highest BCUT2D eigenvalue weighted by Crippen LogP contribution is 2.23. The molecule has 1 aliphatic rings. The summed E-state index contributed by atoms with van der Waals surface area (Å²) in [5, 5.41) is 64.6. The summed E-state index contributed by atoms with van der Waals surface area (Å²) in [6.07, 6.45) is 13.8. The van der Waals surface area contributed by atoms with E-state index in [1.54, 1.807) is 0 Å². The number of aliphatic hydroxyl groups is 6. The molecule has 0 aromatic rings. The Balaban J connectivity index is 2.51. The van der Waals surface area contributed by atoms with E-state index in [1.165, 1.54) is 70.6 Å². The lowest BCUT2D eigenvalue weighted by molar-refractivity contribution is -0.303. The van der Waals surface area contributed by atoms with Crippen LogP contribution in [0.15, 0.2) is 0 Å². The first kappa shape index (κ1) is 43.5. The zero-order valence-corrected chi connectivity index (χ0v) is 29.5. The van der Waals surface area contributed by atoms with Gasteiger partial charge in [-0.05, 0) is 25.0 Å². The molecule has 1 fully saturated rings. The van der Waals surface area contributed by atoms with Crippen molar-refractivity contribution in [2.75, 3.05) is 19.0 Å². The number of thiol groups is 1. The lowest BCUT2D eigenvalue weighted by Gasteiger charge is -2.40. The number of nitrogens with one attached hydrogen (secondary N) is 1. The van der Waals surface area contributed by atoms with E-state index < -0.39 is 55.6 Å². The monoisotopic (exact) mass is 679 g/mol. The van der Waals surface area contributed by atoms with Crippen molar-refractivity contribution in [1.29, 1.82) is 0 Å². The normalized spacial score (nSPS) is 23.7. The van der Waals surface area contributed by atoms with Crippen molar-refractivity contribution < 1.29 is 44.9 Å². The van der Waals surface area contributed by atoms with E-state index in [2.05, 4.69) is 24.9 Å².